The molecule has 2 rings (SSSR count). The number of carbonyl (C=O) groups excluding carboxylic acids is 3. The SMILES string of the molecule is COC(=O)c1cc(NC(=O)C(C)n2nc(C)c(Cl)c2C)cc(C(=O)OC)c1. The number of hydrogen-bond donors (Lipinski definition) is 1. The van der Waals surface area contributed by atoms with Crippen molar-refractivity contribution in [3.63, 3.8) is 0 Å². The fraction of sp³-hybridized carbons (Fsp3) is 0.333. The molecular formula is C18H20ClN3O5. The summed E-state index contributed by atoms with van der Waals surface area (Å²) in [7, 11) is 2.44. The van der Waals surface area contributed by atoms with Crippen LogP contribution in [-0.2, 0) is 14.3 Å². The predicted octanol–water partition coefficient (Wildman–Crippen LogP) is 2.93. The second-order valence-electron chi connectivity index (χ2n) is 5.88. The molecule has 0 fully saturated rings. The number of aryl methyl sites for hydroxylation is 1. The van der Waals surface area contributed by atoms with Gasteiger partial charge in [-0.3, -0.25) is 9.48 Å². The zero-order valence-electron chi connectivity index (χ0n) is 15.6. The van der Waals surface area contributed by atoms with Gasteiger partial charge in [0, 0.05) is 5.69 Å². The van der Waals surface area contributed by atoms with Crippen LogP contribution >= 0.6 is 11.6 Å². The molecule has 1 amide bonds. The van der Waals surface area contributed by atoms with Gasteiger partial charge in [-0.15, -0.1) is 0 Å². The second kappa shape index (κ2) is 8.22. The lowest BCUT2D eigenvalue weighted by Crippen LogP contribution is -2.25. The number of aromatic nitrogens is 2. The first kappa shape index (κ1) is 20.4. The zero-order chi connectivity index (χ0) is 20.3. The molecule has 1 N–H and O–H groups in total. The lowest BCUT2D eigenvalue weighted by molar-refractivity contribution is -0.119. The van der Waals surface area contributed by atoms with Gasteiger partial charge in [0.2, 0.25) is 5.91 Å². The molecule has 1 aromatic carbocycles. The van der Waals surface area contributed by atoms with E-state index in [-0.39, 0.29) is 16.8 Å². The van der Waals surface area contributed by atoms with Gasteiger partial charge in [-0.25, -0.2) is 9.59 Å². The van der Waals surface area contributed by atoms with Crippen molar-refractivity contribution in [2.45, 2.75) is 26.8 Å². The van der Waals surface area contributed by atoms with Crippen LogP contribution in [0.4, 0.5) is 5.69 Å². The summed E-state index contributed by atoms with van der Waals surface area (Å²) in [6, 6.07) is 3.49. The molecule has 2 aromatic rings. The van der Waals surface area contributed by atoms with E-state index in [1.54, 1.807) is 20.8 Å². The summed E-state index contributed by atoms with van der Waals surface area (Å²) in [4.78, 5) is 36.3. The first-order valence-corrected chi connectivity index (χ1v) is 8.41. The minimum Gasteiger partial charge on any atom is -0.465 e. The Hall–Kier alpha value is -2.87. The molecule has 8 nitrogen and oxygen atoms in total. The van der Waals surface area contributed by atoms with Crippen LogP contribution < -0.4 is 5.32 Å². The Balaban J connectivity index is 2.34. The number of hydrogen-bond acceptors (Lipinski definition) is 6. The van der Waals surface area contributed by atoms with Crippen molar-refractivity contribution < 1.29 is 23.9 Å². The van der Waals surface area contributed by atoms with Crippen molar-refractivity contribution in [1.82, 2.24) is 9.78 Å². The molecular weight excluding hydrogens is 374 g/mol. The van der Waals surface area contributed by atoms with Gasteiger partial charge in [0.25, 0.3) is 0 Å². The smallest absolute Gasteiger partial charge is 0.337 e. The van der Waals surface area contributed by atoms with Gasteiger partial charge in [-0.1, -0.05) is 11.6 Å². The van der Waals surface area contributed by atoms with E-state index in [2.05, 4.69) is 19.9 Å². The Labute approximate surface area is 161 Å². The maximum Gasteiger partial charge on any atom is 0.337 e. The largest absolute Gasteiger partial charge is 0.465 e. The van der Waals surface area contributed by atoms with Gasteiger partial charge in [-0.05, 0) is 39.0 Å². The summed E-state index contributed by atoms with van der Waals surface area (Å²) in [6.07, 6.45) is 0. The summed E-state index contributed by atoms with van der Waals surface area (Å²) < 4.78 is 10.9. The van der Waals surface area contributed by atoms with Gasteiger partial charge in [0.05, 0.1) is 41.8 Å². The summed E-state index contributed by atoms with van der Waals surface area (Å²) in [5, 5.41) is 7.44. The van der Waals surface area contributed by atoms with Gasteiger partial charge in [0.15, 0.2) is 0 Å². The number of methoxy groups -OCH3 is 2. The minimum absolute atomic E-state index is 0.109. The molecule has 0 aliphatic heterocycles. The molecule has 0 aliphatic carbocycles. The maximum absolute atomic E-state index is 12.6. The highest BCUT2D eigenvalue weighted by Gasteiger charge is 2.22. The quantitative estimate of drug-likeness (QED) is 0.784. The summed E-state index contributed by atoms with van der Waals surface area (Å²) in [5.74, 6) is -1.68. The van der Waals surface area contributed by atoms with E-state index in [1.165, 1.54) is 37.1 Å². The number of rotatable bonds is 5. The first-order chi connectivity index (χ1) is 12.7. The lowest BCUT2D eigenvalue weighted by Gasteiger charge is -2.15. The Morgan fingerprint density at radius 2 is 1.59 bits per heavy atom. The normalized spacial score (nSPS) is 11.6. The van der Waals surface area contributed by atoms with Crippen molar-refractivity contribution in [3.8, 4) is 0 Å². The maximum atomic E-state index is 12.6. The Kier molecular flexibility index (Phi) is 6.22. The Morgan fingerprint density at radius 1 is 1.07 bits per heavy atom. The van der Waals surface area contributed by atoms with Gasteiger partial charge >= 0.3 is 11.9 Å². The number of anilines is 1. The average Bonchev–Trinajstić information content (AvgIpc) is 2.92. The monoisotopic (exact) mass is 393 g/mol. The van der Waals surface area contributed by atoms with Gasteiger partial charge in [-0.2, -0.15) is 5.10 Å². The van der Waals surface area contributed by atoms with Crippen LogP contribution in [0.25, 0.3) is 0 Å². The highest BCUT2D eigenvalue weighted by atomic mass is 35.5. The van der Waals surface area contributed by atoms with E-state index in [0.29, 0.717) is 16.4 Å². The van der Waals surface area contributed by atoms with Crippen molar-refractivity contribution in [2.75, 3.05) is 19.5 Å². The predicted molar refractivity (Wildman–Crippen MR) is 99.2 cm³/mol. The molecule has 0 aliphatic rings. The molecule has 0 bridgehead atoms. The number of nitrogens with one attached hydrogen (secondary N) is 1. The van der Waals surface area contributed by atoms with Crippen LogP contribution in [-0.4, -0.2) is 41.8 Å². The van der Waals surface area contributed by atoms with Crippen LogP contribution in [0, 0.1) is 13.8 Å². The molecule has 1 unspecified atom stereocenters. The third kappa shape index (κ3) is 4.28. The number of benzene rings is 1. The highest BCUT2D eigenvalue weighted by molar-refractivity contribution is 6.31. The van der Waals surface area contributed by atoms with Crippen molar-refractivity contribution in [3.05, 3.63) is 45.7 Å². The van der Waals surface area contributed by atoms with E-state index in [0.717, 1.165) is 0 Å². The number of ether oxygens (including phenoxy) is 2. The molecule has 0 spiro atoms. The van der Waals surface area contributed by atoms with Crippen molar-refractivity contribution in [2.24, 2.45) is 0 Å². The molecule has 9 heteroatoms. The Morgan fingerprint density at radius 3 is 2.00 bits per heavy atom. The molecule has 0 radical (unpaired) electrons. The van der Waals surface area contributed by atoms with Crippen LogP contribution in [0.5, 0.6) is 0 Å². The van der Waals surface area contributed by atoms with Crippen LogP contribution in [0.15, 0.2) is 18.2 Å². The van der Waals surface area contributed by atoms with Crippen molar-refractivity contribution >= 4 is 35.1 Å². The molecule has 144 valence electrons. The van der Waals surface area contributed by atoms with Crippen molar-refractivity contribution in [1.29, 1.82) is 0 Å². The van der Waals surface area contributed by atoms with Crippen LogP contribution in [0.2, 0.25) is 5.02 Å². The molecule has 0 saturated carbocycles. The van der Waals surface area contributed by atoms with Gasteiger partial charge < -0.3 is 14.8 Å². The minimum atomic E-state index is -0.667. The number of nitrogens with zero attached hydrogens (tertiary/aromatic N) is 2. The number of amides is 1. The third-order valence-corrected chi connectivity index (χ3v) is 4.57. The highest BCUT2D eigenvalue weighted by Crippen LogP contribution is 2.23. The molecule has 0 saturated heterocycles. The second-order valence-corrected chi connectivity index (χ2v) is 6.25. The number of esters is 2. The van der Waals surface area contributed by atoms with E-state index in [4.69, 9.17) is 11.6 Å². The standard InChI is InChI=1S/C18H20ClN3O5/c1-9-15(19)10(2)22(21-9)11(3)16(23)20-14-7-12(17(24)26-4)6-13(8-14)18(25)27-5/h6-8,11H,1-5H3,(H,20,23). The number of carbonyl (C=O) groups is 3. The molecule has 27 heavy (non-hydrogen) atoms. The van der Waals surface area contributed by atoms with Gasteiger partial charge in [0.1, 0.15) is 6.04 Å². The fourth-order valence-corrected chi connectivity index (χ4v) is 2.67. The fourth-order valence-electron chi connectivity index (χ4n) is 2.55. The third-order valence-electron chi connectivity index (χ3n) is 4.03. The topological polar surface area (TPSA) is 99.5 Å². The molecule has 1 atom stereocenters. The lowest BCUT2D eigenvalue weighted by atomic mass is 10.1. The van der Waals surface area contributed by atoms with E-state index in [9.17, 15) is 14.4 Å². The number of halogens is 1. The van der Waals surface area contributed by atoms with Crippen LogP contribution in [0.3, 0.4) is 0 Å². The van der Waals surface area contributed by atoms with E-state index < -0.39 is 23.9 Å². The Bertz CT molecular complexity index is 872. The zero-order valence-corrected chi connectivity index (χ0v) is 16.4. The summed E-state index contributed by atoms with van der Waals surface area (Å²) >= 11 is 6.13. The average molecular weight is 394 g/mol. The molecule has 1 heterocycles. The van der Waals surface area contributed by atoms with Crippen LogP contribution in [0.1, 0.15) is 45.1 Å². The first-order valence-electron chi connectivity index (χ1n) is 8.03. The van der Waals surface area contributed by atoms with E-state index in [1.807, 2.05) is 0 Å². The molecule has 1 aromatic heterocycles. The van der Waals surface area contributed by atoms with E-state index >= 15 is 0 Å². The summed E-state index contributed by atoms with van der Waals surface area (Å²) in [6.45, 7) is 5.18. The summed E-state index contributed by atoms with van der Waals surface area (Å²) in [5.41, 5.74) is 1.75.